The van der Waals surface area contributed by atoms with Gasteiger partial charge in [0.25, 0.3) is 0 Å². The second kappa shape index (κ2) is 7.93. The lowest BCUT2D eigenvalue weighted by Gasteiger charge is -2.26. The SMILES string of the molecule is O=C(CSc1nnc2c3c(-c4ccc(Cl)cc4)csc3ncn12)N1CCCCC1. The van der Waals surface area contributed by atoms with Gasteiger partial charge in [-0.3, -0.25) is 9.20 Å². The molecular weight excluding hydrogens is 426 g/mol. The number of likely N-dealkylation sites (tertiary alicyclic amines) is 1. The number of piperidine rings is 1. The van der Waals surface area contributed by atoms with Crippen molar-refractivity contribution in [3.05, 3.63) is 41.0 Å². The minimum atomic E-state index is 0.165. The van der Waals surface area contributed by atoms with Crippen LogP contribution in [0.1, 0.15) is 19.3 Å². The smallest absolute Gasteiger partial charge is 0.233 e. The third kappa shape index (κ3) is 3.60. The van der Waals surface area contributed by atoms with Gasteiger partial charge in [0.05, 0.1) is 11.1 Å². The van der Waals surface area contributed by atoms with Crippen molar-refractivity contribution >= 4 is 56.5 Å². The summed E-state index contributed by atoms with van der Waals surface area (Å²) in [7, 11) is 0. The highest BCUT2D eigenvalue weighted by molar-refractivity contribution is 7.99. The Bertz CT molecular complexity index is 1180. The molecule has 0 radical (unpaired) electrons. The molecule has 0 N–H and O–H groups in total. The van der Waals surface area contributed by atoms with E-state index in [0.29, 0.717) is 15.9 Å². The summed E-state index contributed by atoms with van der Waals surface area (Å²) in [5.74, 6) is 0.532. The molecule has 1 aromatic carbocycles. The molecule has 1 fully saturated rings. The van der Waals surface area contributed by atoms with E-state index in [1.54, 1.807) is 17.7 Å². The van der Waals surface area contributed by atoms with E-state index in [-0.39, 0.29) is 5.91 Å². The number of halogens is 1. The molecule has 0 unspecified atom stereocenters. The van der Waals surface area contributed by atoms with E-state index in [2.05, 4.69) is 20.6 Å². The third-order valence-corrected chi connectivity index (χ3v) is 7.21. The van der Waals surface area contributed by atoms with Crippen LogP contribution in [0.25, 0.3) is 27.0 Å². The first kappa shape index (κ1) is 18.8. The maximum absolute atomic E-state index is 12.5. The van der Waals surface area contributed by atoms with Crippen molar-refractivity contribution in [3.63, 3.8) is 0 Å². The topological polar surface area (TPSA) is 63.4 Å². The molecule has 9 heteroatoms. The Morgan fingerprint density at radius 3 is 2.72 bits per heavy atom. The summed E-state index contributed by atoms with van der Waals surface area (Å²) >= 11 is 9.03. The highest BCUT2D eigenvalue weighted by Crippen LogP contribution is 2.36. The van der Waals surface area contributed by atoms with Crippen molar-refractivity contribution in [2.24, 2.45) is 0 Å². The standard InChI is InChI=1S/C20H18ClN5OS2/c21-14-6-4-13(5-7-14)15-10-28-19-17(15)18-23-24-20(26(18)12-22-19)29-11-16(27)25-8-2-1-3-9-25/h4-7,10,12H,1-3,8-9,11H2. The van der Waals surface area contributed by atoms with Gasteiger partial charge in [-0.05, 0) is 37.0 Å². The number of carbonyl (C=O) groups excluding carboxylic acids is 1. The van der Waals surface area contributed by atoms with Crippen molar-refractivity contribution in [2.75, 3.05) is 18.8 Å². The first-order valence-corrected chi connectivity index (χ1v) is 11.7. The largest absolute Gasteiger partial charge is 0.342 e. The van der Waals surface area contributed by atoms with Gasteiger partial charge < -0.3 is 4.90 Å². The fourth-order valence-corrected chi connectivity index (χ4v) is 5.46. The van der Waals surface area contributed by atoms with E-state index in [0.717, 1.165) is 52.9 Å². The summed E-state index contributed by atoms with van der Waals surface area (Å²) in [4.78, 5) is 19.9. The van der Waals surface area contributed by atoms with Crippen molar-refractivity contribution in [1.82, 2.24) is 24.5 Å². The molecule has 5 rings (SSSR count). The third-order valence-electron chi connectivity index (χ3n) is 5.14. The zero-order chi connectivity index (χ0) is 19.8. The number of amides is 1. The van der Waals surface area contributed by atoms with Gasteiger partial charge in [0, 0.05) is 29.1 Å². The molecule has 29 heavy (non-hydrogen) atoms. The van der Waals surface area contributed by atoms with Gasteiger partial charge in [-0.25, -0.2) is 4.98 Å². The Morgan fingerprint density at radius 1 is 1.14 bits per heavy atom. The van der Waals surface area contributed by atoms with Gasteiger partial charge in [-0.1, -0.05) is 35.5 Å². The van der Waals surface area contributed by atoms with Crippen LogP contribution in [0.5, 0.6) is 0 Å². The second-order valence-corrected chi connectivity index (χ2v) is 9.22. The van der Waals surface area contributed by atoms with Crippen LogP contribution < -0.4 is 0 Å². The quantitative estimate of drug-likeness (QED) is 0.425. The first-order valence-electron chi connectivity index (χ1n) is 9.48. The molecule has 0 saturated carbocycles. The molecule has 0 bridgehead atoms. The summed E-state index contributed by atoms with van der Waals surface area (Å²) in [6.07, 6.45) is 5.15. The van der Waals surface area contributed by atoms with Crippen LogP contribution in [0.4, 0.5) is 0 Å². The minimum Gasteiger partial charge on any atom is -0.342 e. The molecule has 1 aliphatic rings. The van der Waals surface area contributed by atoms with E-state index < -0.39 is 0 Å². The van der Waals surface area contributed by atoms with Crippen LogP contribution in [0, 0.1) is 0 Å². The lowest BCUT2D eigenvalue weighted by Crippen LogP contribution is -2.36. The van der Waals surface area contributed by atoms with E-state index in [1.807, 2.05) is 33.6 Å². The Morgan fingerprint density at radius 2 is 1.93 bits per heavy atom. The van der Waals surface area contributed by atoms with Crippen LogP contribution in [0.2, 0.25) is 5.02 Å². The fourth-order valence-electron chi connectivity index (χ4n) is 3.62. The monoisotopic (exact) mass is 443 g/mol. The van der Waals surface area contributed by atoms with Gasteiger partial charge in [0.2, 0.25) is 5.91 Å². The molecule has 1 amide bonds. The highest BCUT2D eigenvalue weighted by atomic mass is 35.5. The number of fused-ring (bicyclic) bond motifs is 3. The van der Waals surface area contributed by atoms with Crippen molar-refractivity contribution in [1.29, 1.82) is 0 Å². The normalized spacial score (nSPS) is 14.7. The lowest BCUT2D eigenvalue weighted by molar-refractivity contribution is -0.129. The van der Waals surface area contributed by atoms with Gasteiger partial charge in [-0.2, -0.15) is 0 Å². The number of thiophene rings is 1. The molecule has 4 aromatic rings. The number of benzene rings is 1. The van der Waals surface area contributed by atoms with Gasteiger partial charge in [-0.15, -0.1) is 21.5 Å². The predicted molar refractivity (Wildman–Crippen MR) is 118 cm³/mol. The fraction of sp³-hybridized carbons (Fsp3) is 0.300. The average Bonchev–Trinajstić information content (AvgIpc) is 3.37. The number of carbonyl (C=O) groups is 1. The molecule has 4 heterocycles. The van der Waals surface area contributed by atoms with Crippen LogP contribution in [-0.4, -0.2) is 49.2 Å². The van der Waals surface area contributed by atoms with Gasteiger partial charge >= 0.3 is 0 Å². The van der Waals surface area contributed by atoms with Crippen molar-refractivity contribution < 1.29 is 4.79 Å². The molecule has 0 spiro atoms. The molecule has 6 nitrogen and oxygen atoms in total. The summed E-state index contributed by atoms with van der Waals surface area (Å²) in [6.45, 7) is 1.73. The summed E-state index contributed by atoms with van der Waals surface area (Å²) < 4.78 is 1.88. The Kier molecular flexibility index (Phi) is 5.15. The maximum Gasteiger partial charge on any atom is 0.233 e. The van der Waals surface area contributed by atoms with Crippen molar-refractivity contribution in [2.45, 2.75) is 24.4 Å². The zero-order valence-corrected chi connectivity index (χ0v) is 17.9. The van der Waals surface area contributed by atoms with E-state index in [1.165, 1.54) is 18.2 Å². The van der Waals surface area contributed by atoms with Crippen LogP contribution in [-0.2, 0) is 4.79 Å². The number of nitrogens with zero attached hydrogens (tertiary/aromatic N) is 5. The van der Waals surface area contributed by atoms with Crippen LogP contribution in [0.15, 0.2) is 41.1 Å². The average molecular weight is 444 g/mol. The van der Waals surface area contributed by atoms with Gasteiger partial charge in [0.1, 0.15) is 11.2 Å². The van der Waals surface area contributed by atoms with E-state index in [4.69, 9.17) is 11.6 Å². The van der Waals surface area contributed by atoms with E-state index >= 15 is 0 Å². The van der Waals surface area contributed by atoms with Crippen LogP contribution in [0.3, 0.4) is 0 Å². The number of hydrogen-bond acceptors (Lipinski definition) is 6. The molecule has 3 aromatic heterocycles. The number of thioether (sulfide) groups is 1. The number of aromatic nitrogens is 4. The molecule has 148 valence electrons. The molecule has 1 saturated heterocycles. The van der Waals surface area contributed by atoms with Gasteiger partial charge in [0.15, 0.2) is 10.8 Å². The Labute approximate surface area is 180 Å². The highest BCUT2D eigenvalue weighted by Gasteiger charge is 2.19. The maximum atomic E-state index is 12.5. The first-order chi connectivity index (χ1) is 14.2. The minimum absolute atomic E-state index is 0.165. The molecule has 0 aliphatic carbocycles. The second-order valence-electron chi connectivity index (χ2n) is 6.99. The molecular formula is C20H18ClN5OS2. The summed E-state index contributed by atoms with van der Waals surface area (Å²) in [5, 5.41) is 13.2. The predicted octanol–water partition coefficient (Wildman–Crippen LogP) is 4.76. The summed E-state index contributed by atoms with van der Waals surface area (Å²) in [6, 6.07) is 7.75. The zero-order valence-electron chi connectivity index (χ0n) is 15.5. The van der Waals surface area contributed by atoms with Crippen molar-refractivity contribution in [3.8, 4) is 11.1 Å². The lowest BCUT2D eigenvalue weighted by atomic mass is 10.1. The number of rotatable bonds is 4. The molecule has 0 atom stereocenters. The summed E-state index contributed by atoms with van der Waals surface area (Å²) in [5.41, 5.74) is 2.88. The Balaban J connectivity index is 1.46. The molecule has 1 aliphatic heterocycles. The van der Waals surface area contributed by atoms with E-state index in [9.17, 15) is 4.79 Å². The Hall–Kier alpha value is -2.16. The van der Waals surface area contributed by atoms with Crippen LogP contribution >= 0.6 is 34.7 Å². The number of hydrogen-bond donors (Lipinski definition) is 0.